The van der Waals surface area contributed by atoms with Crippen LogP contribution >= 0.6 is 15.9 Å². The Balaban J connectivity index is 2.32. The smallest absolute Gasteiger partial charge is 0.0650 e. The van der Waals surface area contributed by atoms with Gasteiger partial charge in [0.25, 0.3) is 0 Å². The van der Waals surface area contributed by atoms with Crippen LogP contribution in [0.3, 0.4) is 0 Å². The first kappa shape index (κ1) is 15.5. The zero-order valence-electron chi connectivity index (χ0n) is 11.4. The van der Waals surface area contributed by atoms with Gasteiger partial charge in [0.15, 0.2) is 0 Å². The third kappa shape index (κ3) is 4.95. The SMILES string of the molecule is CCC(CC)(CBr)COCC=Cc1ccccc1. The van der Waals surface area contributed by atoms with Crippen LogP contribution in [0.4, 0.5) is 0 Å². The van der Waals surface area contributed by atoms with Crippen LogP contribution in [0.25, 0.3) is 6.08 Å². The summed E-state index contributed by atoms with van der Waals surface area (Å²) in [6, 6.07) is 10.3. The van der Waals surface area contributed by atoms with Crippen LogP contribution in [0, 0.1) is 5.41 Å². The third-order valence-electron chi connectivity index (χ3n) is 3.52. The number of hydrogen-bond acceptors (Lipinski definition) is 1. The summed E-state index contributed by atoms with van der Waals surface area (Å²) in [5.74, 6) is 0. The fourth-order valence-electron chi connectivity index (χ4n) is 1.77. The summed E-state index contributed by atoms with van der Waals surface area (Å²) in [4.78, 5) is 0. The molecule has 0 N–H and O–H groups in total. The first-order chi connectivity index (χ1) is 8.76. The van der Waals surface area contributed by atoms with Gasteiger partial charge in [0.1, 0.15) is 0 Å². The summed E-state index contributed by atoms with van der Waals surface area (Å²) in [6.07, 6.45) is 6.49. The van der Waals surface area contributed by atoms with Gasteiger partial charge < -0.3 is 4.74 Å². The number of benzene rings is 1. The molecule has 1 aromatic rings. The van der Waals surface area contributed by atoms with Crippen molar-refractivity contribution in [1.29, 1.82) is 0 Å². The Labute approximate surface area is 119 Å². The highest BCUT2D eigenvalue weighted by molar-refractivity contribution is 9.09. The van der Waals surface area contributed by atoms with Crippen LogP contribution in [0.5, 0.6) is 0 Å². The van der Waals surface area contributed by atoms with Crippen molar-refractivity contribution in [2.24, 2.45) is 5.41 Å². The van der Waals surface area contributed by atoms with E-state index in [0.717, 1.165) is 24.8 Å². The highest BCUT2D eigenvalue weighted by Gasteiger charge is 2.24. The van der Waals surface area contributed by atoms with Gasteiger partial charge in [0, 0.05) is 10.7 Å². The summed E-state index contributed by atoms with van der Waals surface area (Å²) < 4.78 is 5.78. The van der Waals surface area contributed by atoms with Gasteiger partial charge in [-0.05, 0) is 18.4 Å². The molecular formula is C16H23BrO. The van der Waals surface area contributed by atoms with Gasteiger partial charge in [0.2, 0.25) is 0 Å². The van der Waals surface area contributed by atoms with Gasteiger partial charge in [0.05, 0.1) is 13.2 Å². The van der Waals surface area contributed by atoms with Crippen molar-refractivity contribution in [2.75, 3.05) is 18.5 Å². The van der Waals surface area contributed by atoms with E-state index < -0.39 is 0 Å². The molecule has 0 aliphatic heterocycles. The molecule has 0 bridgehead atoms. The molecule has 0 aliphatic rings. The maximum Gasteiger partial charge on any atom is 0.0650 e. The van der Waals surface area contributed by atoms with Crippen molar-refractivity contribution in [2.45, 2.75) is 26.7 Å². The number of hydrogen-bond donors (Lipinski definition) is 0. The second-order valence-electron chi connectivity index (χ2n) is 4.67. The molecule has 0 unspecified atom stereocenters. The van der Waals surface area contributed by atoms with E-state index in [-0.39, 0.29) is 0 Å². The van der Waals surface area contributed by atoms with Crippen LogP contribution in [0.2, 0.25) is 0 Å². The molecule has 1 rings (SSSR count). The highest BCUT2D eigenvalue weighted by atomic mass is 79.9. The quantitative estimate of drug-likeness (QED) is 0.489. The molecule has 0 radical (unpaired) electrons. The zero-order valence-corrected chi connectivity index (χ0v) is 12.9. The second kappa shape index (κ2) is 8.49. The number of alkyl halides is 1. The van der Waals surface area contributed by atoms with E-state index in [0.29, 0.717) is 12.0 Å². The molecule has 0 saturated heterocycles. The Morgan fingerprint density at radius 2 is 1.83 bits per heavy atom. The molecule has 100 valence electrons. The Bertz CT molecular complexity index is 333. The molecule has 0 aliphatic carbocycles. The van der Waals surface area contributed by atoms with Gasteiger partial charge in [-0.15, -0.1) is 0 Å². The normalized spacial score (nSPS) is 12.2. The molecule has 0 atom stereocenters. The maximum atomic E-state index is 5.78. The Morgan fingerprint density at radius 3 is 2.39 bits per heavy atom. The van der Waals surface area contributed by atoms with E-state index in [1.165, 1.54) is 5.56 Å². The summed E-state index contributed by atoms with van der Waals surface area (Å²) >= 11 is 3.60. The lowest BCUT2D eigenvalue weighted by Crippen LogP contribution is -2.27. The number of ether oxygens (including phenoxy) is 1. The predicted octanol–water partition coefficient (Wildman–Crippen LogP) is 4.92. The third-order valence-corrected chi connectivity index (χ3v) is 4.71. The van der Waals surface area contributed by atoms with E-state index >= 15 is 0 Å². The highest BCUT2D eigenvalue weighted by Crippen LogP contribution is 2.28. The average molecular weight is 311 g/mol. The largest absolute Gasteiger partial charge is 0.377 e. The van der Waals surface area contributed by atoms with Crippen LogP contribution in [0.1, 0.15) is 32.3 Å². The molecule has 2 heteroatoms. The van der Waals surface area contributed by atoms with Crippen molar-refractivity contribution < 1.29 is 4.74 Å². The van der Waals surface area contributed by atoms with E-state index in [4.69, 9.17) is 4.74 Å². The summed E-state index contributed by atoms with van der Waals surface area (Å²) in [5.41, 5.74) is 1.51. The lowest BCUT2D eigenvalue weighted by Gasteiger charge is -2.28. The maximum absolute atomic E-state index is 5.78. The van der Waals surface area contributed by atoms with Gasteiger partial charge in [-0.3, -0.25) is 0 Å². The fraction of sp³-hybridized carbons (Fsp3) is 0.500. The van der Waals surface area contributed by atoms with Crippen LogP contribution in [-0.4, -0.2) is 18.5 Å². The van der Waals surface area contributed by atoms with Gasteiger partial charge in [-0.2, -0.15) is 0 Å². The predicted molar refractivity (Wildman–Crippen MR) is 83.1 cm³/mol. The van der Waals surface area contributed by atoms with Crippen molar-refractivity contribution in [3.8, 4) is 0 Å². The lowest BCUT2D eigenvalue weighted by atomic mass is 9.86. The van der Waals surface area contributed by atoms with Crippen molar-refractivity contribution in [3.05, 3.63) is 42.0 Å². The lowest BCUT2D eigenvalue weighted by molar-refractivity contribution is 0.0687. The van der Waals surface area contributed by atoms with Crippen molar-refractivity contribution in [3.63, 3.8) is 0 Å². The molecule has 0 aromatic heterocycles. The molecule has 1 nitrogen and oxygen atoms in total. The summed E-state index contributed by atoms with van der Waals surface area (Å²) in [5, 5.41) is 1.01. The molecule has 0 saturated carbocycles. The standard InChI is InChI=1S/C16H23BrO/c1-3-16(4-2,13-17)14-18-12-8-11-15-9-6-5-7-10-15/h5-11H,3-4,12-14H2,1-2H3. The topological polar surface area (TPSA) is 9.23 Å². The first-order valence-electron chi connectivity index (χ1n) is 6.61. The van der Waals surface area contributed by atoms with E-state index in [9.17, 15) is 0 Å². The summed E-state index contributed by atoms with van der Waals surface area (Å²) in [6.45, 7) is 5.97. The fourth-order valence-corrected chi connectivity index (χ4v) is 2.73. The van der Waals surface area contributed by atoms with Crippen LogP contribution in [-0.2, 0) is 4.74 Å². The molecule has 18 heavy (non-hydrogen) atoms. The second-order valence-corrected chi connectivity index (χ2v) is 5.23. The summed E-state index contributed by atoms with van der Waals surface area (Å²) in [7, 11) is 0. The van der Waals surface area contributed by atoms with Crippen molar-refractivity contribution in [1.82, 2.24) is 0 Å². The monoisotopic (exact) mass is 310 g/mol. The zero-order chi connectivity index (χ0) is 13.3. The minimum atomic E-state index is 0.292. The van der Waals surface area contributed by atoms with E-state index in [2.05, 4.69) is 54.1 Å². The van der Waals surface area contributed by atoms with Gasteiger partial charge >= 0.3 is 0 Å². The van der Waals surface area contributed by atoms with Crippen LogP contribution in [0.15, 0.2) is 36.4 Å². The number of rotatable bonds is 8. The molecule has 1 aromatic carbocycles. The molecule has 0 fully saturated rings. The van der Waals surface area contributed by atoms with E-state index in [1.807, 2.05) is 18.2 Å². The Morgan fingerprint density at radius 1 is 1.17 bits per heavy atom. The molecule has 0 heterocycles. The minimum absolute atomic E-state index is 0.292. The minimum Gasteiger partial charge on any atom is -0.377 e. The van der Waals surface area contributed by atoms with Crippen molar-refractivity contribution >= 4 is 22.0 Å². The average Bonchev–Trinajstić information content (AvgIpc) is 2.45. The Kier molecular flexibility index (Phi) is 7.29. The van der Waals surface area contributed by atoms with E-state index in [1.54, 1.807) is 0 Å². The Hall–Kier alpha value is -0.600. The number of halogens is 1. The van der Waals surface area contributed by atoms with Gasteiger partial charge in [-0.1, -0.05) is 72.3 Å². The molecule has 0 amide bonds. The molecule has 0 spiro atoms. The first-order valence-corrected chi connectivity index (χ1v) is 7.74. The van der Waals surface area contributed by atoms with Gasteiger partial charge in [-0.25, -0.2) is 0 Å². The van der Waals surface area contributed by atoms with Crippen LogP contribution < -0.4 is 0 Å². The molecular weight excluding hydrogens is 288 g/mol.